The summed E-state index contributed by atoms with van der Waals surface area (Å²) in [6.07, 6.45) is 0. The Morgan fingerprint density at radius 1 is 0.291 bits per heavy atom. The summed E-state index contributed by atoms with van der Waals surface area (Å²) in [5, 5.41) is 0.0209. The second-order valence-electron chi connectivity index (χ2n) is 12.4. The first kappa shape index (κ1) is 16.8. The molecule has 55 heavy (non-hydrogen) atoms. The lowest BCUT2D eigenvalue weighted by Crippen LogP contribution is -2.09. The van der Waals surface area contributed by atoms with Gasteiger partial charge >= 0.3 is 0 Å². The van der Waals surface area contributed by atoms with Crippen LogP contribution in [0.2, 0.25) is 0 Å². The van der Waals surface area contributed by atoms with Gasteiger partial charge in [0.1, 0.15) is 0 Å². The third kappa shape index (κ3) is 6.12. The molecule has 1 nitrogen and oxygen atoms in total. The van der Waals surface area contributed by atoms with Crippen molar-refractivity contribution in [3.05, 3.63) is 224 Å². The zero-order valence-corrected chi connectivity index (χ0v) is 28.6. The maximum absolute atomic E-state index is 9.63. The van der Waals surface area contributed by atoms with Crippen LogP contribution in [-0.4, -0.2) is 0 Å². The van der Waals surface area contributed by atoms with E-state index in [1.807, 2.05) is 66.7 Å². The predicted molar refractivity (Wildman–Crippen MR) is 235 cm³/mol. The van der Waals surface area contributed by atoms with Crippen LogP contribution < -0.4 is 4.90 Å². The molecule has 0 aliphatic rings. The van der Waals surface area contributed by atoms with Gasteiger partial charge in [0.2, 0.25) is 0 Å². The maximum Gasteiger partial charge on any atom is 0.0645 e. The average Bonchev–Trinajstić information content (AvgIpc) is 3.59. The summed E-state index contributed by atoms with van der Waals surface area (Å²) in [5.74, 6) is 0. The summed E-state index contributed by atoms with van der Waals surface area (Å²) in [5.41, 5.74) is -0.723. The third-order valence-corrected chi connectivity index (χ3v) is 9.22. The number of hydrogen-bond donors (Lipinski definition) is 0. The number of rotatable bonds is 7. The van der Waals surface area contributed by atoms with Gasteiger partial charge in [-0.2, -0.15) is 0 Å². The fourth-order valence-corrected chi connectivity index (χ4v) is 6.60. The lowest BCUT2D eigenvalue weighted by molar-refractivity contribution is 1.28. The van der Waals surface area contributed by atoms with Gasteiger partial charge in [-0.05, 0) is 119 Å². The number of benzene rings is 10. The molecule has 0 saturated carbocycles. The van der Waals surface area contributed by atoms with Crippen molar-refractivity contribution in [2.24, 2.45) is 0 Å². The summed E-state index contributed by atoms with van der Waals surface area (Å²) in [4.78, 5) is 0.953. The highest BCUT2D eigenvalue weighted by molar-refractivity contribution is 5.99. The van der Waals surface area contributed by atoms with Crippen molar-refractivity contribution in [3.8, 4) is 44.5 Å². The average molecular weight is 722 g/mol. The Kier molecular flexibility index (Phi) is 4.28. The molecule has 0 bridgehead atoms. The van der Waals surface area contributed by atoms with E-state index >= 15 is 0 Å². The van der Waals surface area contributed by atoms with Crippen LogP contribution in [0.3, 0.4) is 0 Å². The first-order chi connectivity index (χ1) is 36.4. The highest BCUT2D eigenvalue weighted by atomic mass is 15.1. The van der Waals surface area contributed by atoms with Crippen molar-refractivity contribution >= 4 is 49.4 Å². The van der Waals surface area contributed by atoms with Crippen molar-refractivity contribution in [2.45, 2.75) is 0 Å². The Balaban J connectivity index is 1.25. The second kappa shape index (κ2) is 14.0. The Morgan fingerprint density at radius 2 is 0.818 bits per heavy atom. The van der Waals surface area contributed by atoms with E-state index in [0.29, 0.717) is 5.56 Å². The van der Waals surface area contributed by atoms with E-state index in [2.05, 4.69) is 0 Å². The summed E-state index contributed by atoms with van der Waals surface area (Å²) in [6, 6.07) is 9.50. The molecule has 0 aliphatic carbocycles. The van der Waals surface area contributed by atoms with Gasteiger partial charge in [0, 0.05) is 17.1 Å². The highest BCUT2D eigenvalue weighted by Crippen LogP contribution is 2.40. The summed E-state index contributed by atoms with van der Waals surface area (Å²) >= 11 is 0. The molecule has 0 amide bonds. The molecule has 0 atom stereocenters. The van der Waals surface area contributed by atoms with E-state index in [1.165, 1.54) is 12.1 Å². The van der Waals surface area contributed by atoms with Crippen LogP contribution in [0, 0.1) is 0 Å². The van der Waals surface area contributed by atoms with E-state index < -0.39 is 188 Å². The molecular formula is C54H37N. The molecule has 0 aromatic heterocycles. The monoisotopic (exact) mass is 721 g/mol. The Labute approximate surface area is 352 Å². The quantitative estimate of drug-likeness (QED) is 0.158. The SMILES string of the molecule is [2H]c1c([2H])c(N(c2ccc(-c3cccc(-c4cccc5ccccc45)c3)cc2)c2c([2H])c([2H])c(-c3c([2H])c([2H])c([2H])c4c([2H])c([2H])c([2H])c([2H])c34)c([2H])c2[2H])c([2H])c([2H])c1-c1c([2H])c([2H])c([2H])c2c([2H])c([2H])c([2H])c([2H])c12. The topological polar surface area (TPSA) is 3.24 Å². The first-order valence-corrected chi connectivity index (χ1v) is 17.1. The number of hydrogen-bond acceptors (Lipinski definition) is 1. The van der Waals surface area contributed by atoms with Crippen LogP contribution in [0.1, 0.15) is 30.2 Å². The van der Waals surface area contributed by atoms with Gasteiger partial charge in [-0.15, -0.1) is 0 Å². The minimum absolute atomic E-state index is 0.0402. The molecule has 0 fully saturated rings. The minimum atomic E-state index is -0.919. The lowest BCUT2D eigenvalue weighted by atomic mass is 9.95. The molecule has 1 heteroatoms. The number of anilines is 3. The zero-order chi connectivity index (χ0) is 55.7. The fourth-order valence-electron chi connectivity index (χ4n) is 6.60. The Hall–Kier alpha value is -7.22. The van der Waals surface area contributed by atoms with E-state index in [-0.39, 0.29) is 5.69 Å². The lowest BCUT2D eigenvalue weighted by Gasteiger charge is -2.26. The van der Waals surface area contributed by atoms with E-state index in [1.54, 1.807) is 12.1 Å². The molecule has 10 aromatic carbocycles. The number of fused-ring (bicyclic) bond motifs is 3. The van der Waals surface area contributed by atoms with Gasteiger partial charge in [0.15, 0.2) is 0 Å². The standard InChI is InChI=1S/C54H37N/c1-4-19-49-39(11-1)14-8-22-52(49)42-27-33-47(34-28-42)55(48-35-29-43(30-36-48)53-23-9-15-40-12-2-5-20-50(40)53)46-31-25-38(26-32-46)44-17-7-18-45(37-44)54-24-10-16-41-13-3-6-21-51(41)54/h1-37H/i1D,2D,4D,5D,8D,9D,11D,12D,14D,15D,19D,20D,22D,23D,27D,28D,29D,30D,33D,34D,35D,36D. The van der Waals surface area contributed by atoms with Crippen molar-refractivity contribution in [2.75, 3.05) is 4.90 Å². The fraction of sp³-hybridized carbons (Fsp3) is 0. The Morgan fingerprint density at radius 3 is 1.45 bits per heavy atom. The second-order valence-corrected chi connectivity index (χ2v) is 12.4. The molecule has 0 spiro atoms. The van der Waals surface area contributed by atoms with E-state index in [9.17, 15) is 11.0 Å². The minimum Gasteiger partial charge on any atom is -0.311 e. The highest BCUT2D eigenvalue weighted by Gasteiger charge is 2.15. The van der Waals surface area contributed by atoms with Gasteiger partial charge in [0.05, 0.1) is 30.2 Å². The zero-order valence-electron chi connectivity index (χ0n) is 50.6. The normalized spacial score (nSPS) is 16.9. The van der Waals surface area contributed by atoms with Crippen molar-refractivity contribution in [3.63, 3.8) is 0 Å². The maximum atomic E-state index is 9.63. The molecule has 0 N–H and O–H groups in total. The van der Waals surface area contributed by atoms with Gasteiger partial charge in [-0.1, -0.05) is 182 Å². The molecule has 0 heterocycles. The van der Waals surface area contributed by atoms with Gasteiger partial charge < -0.3 is 4.90 Å². The van der Waals surface area contributed by atoms with Crippen molar-refractivity contribution < 1.29 is 30.2 Å². The van der Waals surface area contributed by atoms with Crippen molar-refractivity contribution in [1.82, 2.24) is 0 Å². The molecule has 258 valence electrons. The molecule has 0 aliphatic heterocycles. The number of nitrogens with zero attached hydrogens (tertiary/aromatic N) is 1. The largest absolute Gasteiger partial charge is 0.311 e. The van der Waals surface area contributed by atoms with Crippen LogP contribution in [0.4, 0.5) is 17.1 Å². The molecule has 10 rings (SSSR count). The van der Waals surface area contributed by atoms with Crippen molar-refractivity contribution in [1.29, 1.82) is 0 Å². The van der Waals surface area contributed by atoms with Crippen LogP contribution in [0.15, 0.2) is 224 Å². The third-order valence-electron chi connectivity index (χ3n) is 9.22. The Bertz CT molecular complexity index is 3980. The predicted octanol–water partition coefficient (Wildman–Crippen LogP) is 15.3. The summed E-state index contributed by atoms with van der Waals surface area (Å²) in [7, 11) is 0. The van der Waals surface area contributed by atoms with Crippen LogP contribution in [0.5, 0.6) is 0 Å². The van der Waals surface area contributed by atoms with Crippen LogP contribution in [-0.2, 0) is 0 Å². The van der Waals surface area contributed by atoms with Crippen LogP contribution in [0.25, 0.3) is 76.8 Å². The van der Waals surface area contributed by atoms with E-state index in [4.69, 9.17) is 19.2 Å². The molecule has 0 saturated heterocycles. The first-order valence-electron chi connectivity index (χ1n) is 28.1. The van der Waals surface area contributed by atoms with Gasteiger partial charge in [-0.3, -0.25) is 0 Å². The van der Waals surface area contributed by atoms with Gasteiger partial charge in [0.25, 0.3) is 0 Å². The molecule has 10 aromatic rings. The molecule has 0 radical (unpaired) electrons. The summed E-state index contributed by atoms with van der Waals surface area (Å²) in [6.45, 7) is 0. The smallest absolute Gasteiger partial charge is 0.0645 e. The molecule has 0 unspecified atom stereocenters. The van der Waals surface area contributed by atoms with Crippen LogP contribution >= 0.6 is 0 Å². The summed E-state index contributed by atoms with van der Waals surface area (Å²) < 4.78 is 197. The van der Waals surface area contributed by atoms with E-state index in [0.717, 1.165) is 32.4 Å². The van der Waals surface area contributed by atoms with Gasteiger partial charge in [-0.25, -0.2) is 0 Å². The molecular weight excluding hydrogens is 663 g/mol.